The number of rotatable bonds is 9. The Morgan fingerprint density at radius 2 is 1.90 bits per heavy atom. The van der Waals surface area contributed by atoms with E-state index in [9.17, 15) is 0 Å². The molecule has 2 heterocycles. The van der Waals surface area contributed by atoms with Crippen LogP contribution in [0.5, 0.6) is 0 Å². The average Bonchev–Trinajstić information content (AvgIpc) is 3.31. The third-order valence-corrected chi connectivity index (χ3v) is 5.79. The van der Waals surface area contributed by atoms with Gasteiger partial charge < -0.3 is 9.13 Å². The maximum absolute atomic E-state index is 4.71. The van der Waals surface area contributed by atoms with Gasteiger partial charge in [0.2, 0.25) is 0 Å². The molecule has 3 aromatic rings. The summed E-state index contributed by atoms with van der Waals surface area (Å²) in [5.74, 6) is 0. The van der Waals surface area contributed by atoms with E-state index < -0.39 is 0 Å². The van der Waals surface area contributed by atoms with Crippen LogP contribution in [-0.2, 0) is 19.9 Å². The lowest BCUT2D eigenvalue weighted by molar-refractivity contribution is 0.756. The molecule has 0 bridgehead atoms. The fraction of sp³-hybridized carbons (Fsp3) is 0.321. The van der Waals surface area contributed by atoms with E-state index in [1.54, 1.807) is 0 Å². The second-order valence-electron chi connectivity index (χ2n) is 8.07. The first-order valence-electron chi connectivity index (χ1n) is 11.3. The van der Waals surface area contributed by atoms with Gasteiger partial charge in [-0.1, -0.05) is 69.3 Å². The number of imidazole rings is 1. The van der Waals surface area contributed by atoms with Crippen LogP contribution >= 0.6 is 0 Å². The first kappa shape index (κ1) is 22.6. The van der Waals surface area contributed by atoms with E-state index in [0.29, 0.717) is 0 Å². The maximum Gasteiger partial charge on any atom is 0.0963 e. The molecule has 3 heteroatoms. The fourth-order valence-corrected chi connectivity index (χ4v) is 4.28. The Labute approximate surface area is 187 Å². The van der Waals surface area contributed by atoms with Crippen LogP contribution in [0.1, 0.15) is 56.1 Å². The molecule has 0 spiro atoms. The van der Waals surface area contributed by atoms with E-state index in [0.717, 1.165) is 41.1 Å². The summed E-state index contributed by atoms with van der Waals surface area (Å²) in [6, 6.07) is 10.4. The summed E-state index contributed by atoms with van der Waals surface area (Å²) in [6.45, 7) is 13.2. The van der Waals surface area contributed by atoms with Crippen molar-refractivity contribution in [1.82, 2.24) is 14.1 Å². The van der Waals surface area contributed by atoms with Crippen molar-refractivity contribution >= 4 is 11.3 Å². The molecule has 162 valence electrons. The summed E-state index contributed by atoms with van der Waals surface area (Å²) in [4.78, 5) is 4.71. The lowest BCUT2D eigenvalue weighted by Crippen LogP contribution is -2.03. The Morgan fingerprint density at radius 3 is 2.55 bits per heavy atom. The van der Waals surface area contributed by atoms with Crippen LogP contribution in [0, 0.1) is 6.92 Å². The molecule has 0 fully saturated rings. The normalized spacial score (nSPS) is 12.1. The number of allylic oxidation sites excluding steroid dienone is 5. The maximum atomic E-state index is 4.71. The minimum atomic E-state index is 0.988. The highest BCUT2D eigenvalue weighted by molar-refractivity contribution is 5.86. The van der Waals surface area contributed by atoms with E-state index in [4.69, 9.17) is 4.98 Å². The van der Waals surface area contributed by atoms with Crippen LogP contribution in [0.15, 0.2) is 67.7 Å². The van der Waals surface area contributed by atoms with Crippen molar-refractivity contribution in [2.75, 3.05) is 0 Å². The fourth-order valence-electron chi connectivity index (χ4n) is 4.28. The molecule has 0 amide bonds. The summed E-state index contributed by atoms with van der Waals surface area (Å²) in [6.07, 6.45) is 15.1. The van der Waals surface area contributed by atoms with Gasteiger partial charge in [0, 0.05) is 35.8 Å². The number of unbranched alkanes of at least 4 members (excludes halogenated alkanes) is 1. The molecule has 0 aliphatic heterocycles. The van der Waals surface area contributed by atoms with Gasteiger partial charge in [-0.05, 0) is 50.3 Å². The molecule has 3 rings (SSSR count). The molecular formula is C28H35N3. The number of hydrogen-bond acceptors (Lipinski definition) is 1. The molecule has 0 aliphatic rings. The van der Waals surface area contributed by atoms with Crippen molar-refractivity contribution in [3.8, 4) is 11.3 Å². The van der Waals surface area contributed by atoms with Crippen molar-refractivity contribution in [2.24, 2.45) is 7.05 Å². The Hall–Kier alpha value is -3.07. The molecule has 31 heavy (non-hydrogen) atoms. The minimum absolute atomic E-state index is 0.988. The molecule has 0 atom stereocenters. The summed E-state index contributed by atoms with van der Waals surface area (Å²) in [5, 5.41) is 0. The van der Waals surface area contributed by atoms with E-state index in [-0.39, 0.29) is 0 Å². The van der Waals surface area contributed by atoms with Crippen LogP contribution < -0.4 is 0 Å². The van der Waals surface area contributed by atoms with Crippen molar-refractivity contribution in [3.05, 3.63) is 90.2 Å². The summed E-state index contributed by atoms with van der Waals surface area (Å²) >= 11 is 0. The lowest BCUT2D eigenvalue weighted by atomic mass is 10.0. The van der Waals surface area contributed by atoms with Gasteiger partial charge in [-0.25, -0.2) is 4.98 Å². The van der Waals surface area contributed by atoms with Crippen LogP contribution in [0.2, 0.25) is 0 Å². The quantitative estimate of drug-likeness (QED) is 0.339. The Kier molecular flexibility index (Phi) is 7.51. The molecule has 0 unspecified atom stereocenters. The minimum Gasteiger partial charge on any atom is -0.333 e. The smallest absolute Gasteiger partial charge is 0.0963 e. The summed E-state index contributed by atoms with van der Waals surface area (Å²) in [7, 11) is 2.05. The predicted octanol–water partition coefficient (Wildman–Crippen LogP) is 7.23. The molecule has 0 saturated heterocycles. The average molecular weight is 414 g/mol. The number of hydrogen-bond donors (Lipinski definition) is 0. The highest BCUT2D eigenvalue weighted by atomic mass is 15.0. The zero-order valence-electron chi connectivity index (χ0n) is 19.7. The van der Waals surface area contributed by atoms with Crippen LogP contribution in [0.4, 0.5) is 0 Å². The van der Waals surface area contributed by atoms with E-state index in [1.807, 2.05) is 12.4 Å². The predicted molar refractivity (Wildman–Crippen MR) is 134 cm³/mol. The van der Waals surface area contributed by atoms with Gasteiger partial charge in [-0.3, -0.25) is 0 Å². The number of benzene rings is 1. The van der Waals surface area contributed by atoms with Gasteiger partial charge >= 0.3 is 0 Å². The zero-order valence-corrected chi connectivity index (χ0v) is 19.7. The van der Waals surface area contributed by atoms with Crippen molar-refractivity contribution in [2.45, 2.75) is 53.4 Å². The van der Waals surface area contributed by atoms with Crippen molar-refractivity contribution in [3.63, 3.8) is 0 Å². The molecular weight excluding hydrogens is 378 g/mol. The number of aryl methyl sites for hydroxylation is 2. The van der Waals surface area contributed by atoms with Gasteiger partial charge in [0.15, 0.2) is 0 Å². The highest BCUT2D eigenvalue weighted by Gasteiger charge is 2.16. The third-order valence-electron chi connectivity index (χ3n) is 5.79. The van der Waals surface area contributed by atoms with Crippen LogP contribution in [0.3, 0.4) is 0 Å². The van der Waals surface area contributed by atoms with Gasteiger partial charge in [0.1, 0.15) is 0 Å². The molecule has 1 aromatic carbocycles. The second kappa shape index (κ2) is 10.3. The van der Waals surface area contributed by atoms with Crippen LogP contribution in [-0.4, -0.2) is 14.1 Å². The first-order chi connectivity index (χ1) is 15.0. The van der Waals surface area contributed by atoms with E-state index in [2.05, 4.69) is 99.1 Å². The Bertz CT molecular complexity index is 1090. The number of nitrogens with zero attached hydrogens (tertiary/aromatic N) is 3. The van der Waals surface area contributed by atoms with Gasteiger partial charge in [-0.2, -0.15) is 0 Å². The third kappa shape index (κ3) is 4.82. The topological polar surface area (TPSA) is 22.8 Å². The molecule has 0 saturated carbocycles. The number of aromatic nitrogens is 3. The Balaban J connectivity index is 2.10. The first-order valence-corrected chi connectivity index (χ1v) is 11.3. The molecule has 0 aliphatic carbocycles. The second-order valence-corrected chi connectivity index (χ2v) is 8.07. The molecule has 0 radical (unpaired) electrons. The Morgan fingerprint density at radius 1 is 1.16 bits per heavy atom. The van der Waals surface area contributed by atoms with Gasteiger partial charge in [0.05, 0.1) is 17.7 Å². The van der Waals surface area contributed by atoms with Gasteiger partial charge in [0.25, 0.3) is 0 Å². The van der Waals surface area contributed by atoms with E-state index in [1.165, 1.54) is 29.7 Å². The monoisotopic (exact) mass is 413 g/mol. The molecule has 2 aromatic heterocycles. The summed E-state index contributed by atoms with van der Waals surface area (Å²) < 4.78 is 4.39. The zero-order chi connectivity index (χ0) is 22.4. The van der Waals surface area contributed by atoms with Crippen molar-refractivity contribution < 1.29 is 0 Å². The molecule has 0 N–H and O–H groups in total. The SMILES string of the molecule is C=C(/C=C(\C=C/C)c1c(-c2ccccc2)ncn1C)n1cc(C)c(CC)c1CCCC. The van der Waals surface area contributed by atoms with Crippen LogP contribution in [0.25, 0.3) is 22.5 Å². The lowest BCUT2D eigenvalue weighted by Gasteiger charge is -2.13. The van der Waals surface area contributed by atoms with Crippen molar-refractivity contribution in [1.29, 1.82) is 0 Å². The largest absolute Gasteiger partial charge is 0.333 e. The highest BCUT2D eigenvalue weighted by Crippen LogP contribution is 2.31. The van der Waals surface area contributed by atoms with E-state index >= 15 is 0 Å². The summed E-state index contributed by atoms with van der Waals surface area (Å²) in [5.41, 5.74) is 9.51. The standard InChI is InChI=1S/C28H35N3/c1-7-10-17-26-25(9-3)21(4)19-31(26)22(5)18-24(14-8-2)28-27(29-20-30(28)6)23-15-12-11-13-16-23/h8,11-16,18-20H,5,7,9-10,17H2,1-4,6H3/b14-8-,24-18+. The van der Waals surface area contributed by atoms with Gasteiger partial charge in [-0.15, -0.1) is 0 Å². The molecule has 3 nitrogen and oxygen atoms in total.